The van der Waals surface area contributed by atoms with Gasteiger partial charge in [-0.1, -0.05) is 500 Å². The summed E-state index contributed by atoms with van der Waals surface area (Å²) in [5.41, 5.74) is 29.0. The lowest BCUT2D eigenvalue weighted by Crippen LogP contribution is -2.26. The molecule has 2 aromatic heterocycles. The highest BCUT2D eigenvalue weighted by Gasteiger charge is 2.47. The second-order valence-corrected chi connectivity index (χ2v) is 43.3. The molecule has 8 nitrogen and oxygen atoms in total. The van der Waals surface area contributed by atoms with Gasteiger partial charge in [-0.2, -0.15) is 17.5 Å². The van der Waals surface area contributed by atoms with Crippen molar-refractivity contribution in [1.29, 1.82) is 0 Å². The van der Waals surface area contributed by atoms with E-state index < -0.39 is 0 Å². The van der Waals surface area contributed by atoms with Gasteiger partial charge >= 0.3 is 0 Å². The van der Waals surface area contributed by atoms with Gasteiger partial charge in [0, 0.05) is 16.2 Å². The van der Waals surface area contributed by atoms with Crippen molar-refractivity contribution in [3.8, 4) is 101 Å². The topological polar surface area (TPSA) is 88.5 Å². The summed E-state index contributed by atoms with van der Waals surface area (Å²) in [4.78, 5) is 0. The third-order valence-electron chi connectivity index (χ3n) is 32.0. The minimum absolute atomic E-state index is 0.108. The summed E-state index contributed by atoms with van der Waals surface area (Å²) in [6.45, 7) is 25.8. The minimum atomic E-state index is -0.344. The van der Waals surface area contributed by atoms with Gasteiger partial charge in [-0.05, 0) is 177 Å². The molecule has 0 aliphatic heterocycles. The van der Waals surface area contributed by atoms with E-state index in [-0.39, 0.29) is 16.2 Å². The fourth-order valence-corrected chi connectivity index (χ4v) is 25.4. The predicted octanol–water partition coefficient (Wildman–Crippen LogP) is 41.1. The molecule has 2 heterocycles. The molecule has 10 heteroatoms. The molecule has 0 saturated heterocycles. The highest BCUT2D eigenvalue weighted by atomic mass is 32.1. The molecule has 137 heavy (non-hydrogen) atoms. The van der Waals surface area contributed by atoms with Crippen LogP contribution in [0.15, 0.2) is 121 Å². The van der Waals surface area contributed by atoms with Crippen LogP contribution < -0.4 is 18.9 Å². The molecule has 0 spiro atoms. The molecule has 0 fully saturated rings. The van der Waals surface area contributed by atoms with Crippen molar-refractivity contribution in [2.75, 3.05) is 26.4 Å². The van der Waals surface area contributed by atoms with Crippen molar-refractivity contribution in [1.82, 2.24) is 17.5 Å². The average Bonchev–Trinajstić information content (AvgIpc) is 1.56. The van der Waals surface area contributed by atoms with Crippen LogP contribution in [0.1, 0.15) is 501 Å². The van der Waals surface area contributed by atoms with Crippen LogP contribution in [0.25, 0.3) is 100.0 Å². The lowest BCUT2D eigenvalue weighted by molar-refractivity contribution is 0.260. The predicted molar refractivity (Wildman–Crippen MR) is 594 cm³/mol. The van der Waals surface area contributed by atoms with Gasteiger partial charge < -0.3 is 18.9 Å². The van der Waals surface area contributed by atoms with E-state index in [1.54, 1.807) is 0 Å². The molecule has 0 atom stereocenters. The average molecular weight is 1890 g/mol. The third-order valence-corrected chi connectivity index (χ3v) is 33.1. The summed E-state index contributed by atoms with van der Waals surface area (Å²) in [5, 5.41) is 0. The highest BCUT2D eigenvalue weighted by molar-refractivity contribution is 7.00. The van der Waals surface area contributed by atoms with Gasteiger partial charge in [0.25, 0.3) is 0 Å². The molecule has 0 N–H and O–H groups in total. The van der Waals surface area contributed by atoms with Gasteiger partial charge in [-0.25, -0.2) is 0 Å². The summed E-state index contributed by atoms with van der Waals surface area (Å²) in [7, 11) is 0. The smallest absolute Gasteiger partial charge is 0.172 e. The quantitative estimate of drug-likeness (QED) is 0.0348. The Labute approximate surface area is 841 Å². The number of rotatable bonds is 74. The molecule has 0 saturated carbocycles. The third kappa shape index (κ3) is 26.9. The summed E-state index contributed by atoms with van der Waals surface area (Å²) in [6.07, 6.45) is 75.1. The molecule has 0 amide bonds. The first-order chi connectivity index (χ1) is 67.7. The van der Waals surface area contributed by atoms with Crippen LogP contribution in [0.5, 0.6) is 23.0 Å². The summed E-state index contributed by atoms with van der Waals surface area (Å²) < 4.78 is 53.5. The maximum Gasteiger partial charge on any atom is 0.172 e. The first-order valence-electron chi connectivity index (χ1n) is 57.6. The van der Waals surface area contributed by atoms with Gasteiger partial charge in [-0.3, -0.25) is 0 Å². The SMILES string of the molecule is CCCCCCCCOc1c(OCCCCCCCC)c(-c2ccc3c(c2)C(CCCCCCCC)(CCCCCCCC)c2ccccc2-3)c2nsnc2c1-c1ccc2c(c1)C(CCCCCC)(CCCCCC)c1cc(-c3c(OCCCCCCCC)c(OCCCCCCCC)c(-c4ccc5c(c4)C(CCCCCCCC)(CCCCCCCC)c4ccccc4-5)c4nsnc34)ccc1-2. The molecule has 0 unspecified atom stereocenters. The standard InChI is InChI=1S/C127H182N4O4S2/c1-11-21-31-41-49-63-83-125(84-64-50-42-32-22-12-2)107-73-59-57-71-101(107)103-79-75-97(93-109(103)125)113-117-119(130-136-128-117)115(123(134-91-69-55-47-37-27-17-7)121(113)132-89-67-53-45-35-25-15-5)99-77-81-105-106-82-78-100(96-112(106)127(111(105)95-99,87-61-39-29-19-9)88-62-40-30-20-10)116-120-118(129-137-131-120)114(122(133-90-68-54-46-36-26-16-6)124(116)135-92-70-56-48-38-28-18-8)98-76-80-104-102-72-58-60-74-108(102)126(110(104)94-98,85-65-51-43-33-23-13-3)86-66-52-44-34-24-14-4/h57-60,71-82,93-96H,11-56,61-70,83-92H2,1-10H3. The normalized spacial score (nSPS) is 13.5. The fourth-order valence-electron chi connectivity index (χ4n) is 24.3. The second-order valence-electron chi connectivity index (χ2n) is 42.3. The van der Waals surface area contributed by atoms with E-state index in [4.69, 9.17) is 36.4 Å². The van der Waals surface area contributed by atoms with Crippen molar-refractivity contribution in [3.05, 3.63) is 155 Å². The maximum atomic E-state index is 7.80. The van der Waals surface area contributed by atoms with Gasteiger partial charge in [0.15, 0.2) is 23.0 Å². The zero-order valence-corrected chi connectivity index (χ0v) is 89.6. The molecule has 10 aromatic rings. The van der Waals surface area contributed by atoms with Crippen LogP contribution in [-0.4, -0.2) is 43.9 Å². The number of hydrogen-bond acceptors (Lipinski definition) is 10. The van der Waals surface area contributed by atoms with Crippen molar-refractivity contribution >= 4 is 45.5 Å². The Morgan fingerprint density at radius 3 is 0.584 bits per heavy atom. The van der Waals surface area contributed by atoms with Gasteiger partial charge in [-0.15, -0.1) is 0 Å². The van der Waals surface area contributed by atoms with E-state index in [0.717, 1.165) is 181 Å². The molecule has 13 rings (SSSR count). The molecular weight excluding hydrogens is 1710 g/mol. The molecule has 3 aliphatic carbocycles. The first kappa shape index (κ1) is 107. The van der Waals surface area contributed by atoms with Crippen LogP contribution >= 0.6 is 23.5 Å². The Hall–Kier alpha value is -7.40. The lowest BCUT2D eigenvalue weighted by Gasteiger charge is -2.34. The summed E-state index contributed by atoms with van der Waals surface area (Å²) in [6, 6.07) is 49.5. The highest BCUT2D eigenvalue weighted by Crippen LogP contribution is 2.63. The van der Waals surface area contributed by atoms with Gasteiger partial charge in [0.2, 0.25) is 0 Å². The van der Waals surface area contributed by atoms with E-state index in [1.807, 2.05) is 0 Å². The Morgan fingerprint density at radius 2 is 0.365 bits per heavy atom. The molecule has 3 aliphatic rings. The molecule has 0 radical (unpaired) electrons. The van der Waals surface area contributed by atoms with Gasteiger partial charge in [0.05, 0.1) is 72.1 Å². The zero-order valence-electron chi connectivity index (χ0n) is 88.0. The molecule has 0 bridgehead atoms. The Kier molecular flexibility index (Phi) is 45.0. The number of benzene rings is 8. The van der Waals surface area contributed by atoms with Crippen molar-refractivity contribution in [2.45, 2.75) is 484 Å². The fraction of sp³-hybridized carbons (Fsp3) is 0.622. The number of ether oxygens (including phenoxy) is 4. The number of unbranched alkanes of at least 4 members (excludes halogenated alkanes) is 46. The Bertz CT molecular complexity index is 4870. The Morgan fingerprint density at radius 1 is 0.190 bits per heavy atom. The van der Waals surface area contributed by atoms with Crippen LogP contribution in [0.2, 0.25) is 0 Å². The van der Waals surface area contributed by atoms with Crippen LogP contribution in [0.4, 0.5) is 0 Å². The van der Waals surface area contributed by atoms with E-state index in [9.17, 15) is 0 Å². The zero-order chi connectivity index (χ0) is 95.5. The van der Waals surface area contributed by atoms with Crippen molar-refractivity contribution in [2.24, 2.45) is 0 Å². The number of fused-ring (bicyclic) bond motifs is 11. The van der Waals surface area contributed by atoms with Crippen LogP contribution in [0, 0.1) is 0 Å². The Balaban J connectivity index is 1.01. The number of nitrogens with zero attached hydrogens (tertiary/aromatic N) is 4. The van der Waals surface area contributed by atoms with E-state index >= 15 is 0 Å². The van der Waals surface area contributed by atoms with Crippen molar-refractivity contribution in [3.63, 3.8) is 0 Å². The summed E-state index contributed by atoms with van der Waals surface area (Å²) in [5.74, 6) is 3.35. The lowest BCUT2D eigenvalue weighted by atomic mass is 9.69. The molecule has 8 aromatic carbocycles. The van der Waals surface area contributed by atoms with Crippen LogP contribution in [-0.2, 0) is 16.2 Å². The van der Waals surface area contributed by atoms with E-state index in [1.165, 1.54) is 397 Å². The minimum Gasteiger partial charge on any atom is -0.489 e. The maximum absolute atomic E-state index is 7.80. The second kappa shape index (κ2) is 57.6. The number of hydrogen-bond donors (Lipinski definition) is 0. The van der Waals surface area contributed by atoms with Crippen molar-refractivity contribution < 1.29 is 18.9 Å². The largest absolute Gasteiger partial charge is 0.489 e. The van der Waals surface area contributed by atoms with E-state index in [2.05, 4.69) is 191 Å². The summed E-state index contributed by atoms with van der Waals surface area (Å²) >= 11 is 2.72. The van der Waals surface area contributed by atoms with Gasteiger partial charge in [0.1, 0.15) is 22.1 Å². The molecule has 746 valence electrons. The number of aromatic nitrogens is 4. The monoisotopic (exact) mass is 1890 g/mol. The first-order valence-corrected chi connectivity index (χ1v) is 59.1. The van der Waals surface area contributed by atoms with Crippen LogP contribution in [0.3, 0.4) is 0 Å². The molecular formula is C127H182N4O4S2. The van der Waals surface area contributed by atoms with E-state index in [0.29, 0.717) is 26.4 Å².